The summed E-state index contributed by atoms with van der Waals surface area (Å²) in [4.78, 5) is 2.04. The summed E-state index contributed by atoms with van der Waals surface area (Å²) < 4.78 is 5.72. The molecule has 0 amide bonds. The van der Waals surface area contributed by atoms with Crippen LogP contribution in [-0.2, 0) is 0 Å². The molecule has 0 aliphatic carbocycles. The monoisotopic (exact) mass is 218 g/mol. The van der Waals surface area contributed by atoms with Gasteiger partial charge in [-0.05, 0) is 26.0 Å². The molecule has 0 atom stereocenters. The molecule has 0 bridgehead atoms. The van der Waals surface area contributed by atoms with Gasteiger partial charge in [-0.2, -0.15) is 5.26 Å². The van der Waals surface area contributed by atoms with Crippen LogP contribution in [-0.4, -0.2) is 19.7 Å². The molecule has 0 aliphatic rings. The van der Waals surface area contributed by atoms with Gasteiger partial charge in [0.25, 0.3) is 0 Å². The molecule has 0 N–H and O–H groups in total. The second kappa shape index (κ2) is 6.02. The van der Waals surface area contributed by atoms with Crippen molar-refractivity contribution in [2.75, 3.05) is 18.5 Å². The maximum atomic E-state index is 8.57. The smallest absolute Gasteiger partial charge is 0.142 e. The summed E-state index contributed by atoms with van der Waals surface area (Å²) in [5, 5.41) is 8.57. The summed E-state index contributed by atoms with van der Waals surface area (Å²) >= 11 is 0. The number of nitrogens with zero attached hydrogens (tertiary/aromatic N) is 2. The van der Waals surface area contributed by atoms with Crippen molar-refractivity contribution in [1.29, 1.82) is 5.26 Å². The first-order valence-electron chi connectivity index (χ1n) is 5.49. The Labute approximate surface area is 97.3 Å². The van der Waals surface area contributed by atoms with Gasteiger partial charge >= 0.3 is 0 Å². The Hall–Kier alpha value is -1.69. The lowest BCUT2D eigenvalue weighted by Gasteiger charge is -2.22. The van der Waals surface area contributed by atoms with Gasteiger partial charge in [-0.25, -0.2) is 0 Å². The van der Waals surface area contributed by atoms with Gasteiger partial charge in [0.1, 0.15) is 5.75 Å². The maximum absolute atomic E-state index is 8.57. The van der Waals surface area contributed by atoms with Gasteiger partial charge in [0.15, 0.2) is 0 Å². The van der Waals surface area contributed by atoms with Crippen LogP contribution in [0, 0.1) is 11.3 Å². The van der Waals surface area contributed by atoms with Crippen molar-refractivity contribution in [3.63, 3.8) is 0 Å². The van der Waals surface area contributed by atoms with E-state index in [1.54, 1.807) is 0 Å². The van der Waals surface area contributed by atoms with Crippen LogP contribution in [0.4, 0.5) is 5.69 Å². The van der Waals surface area contributed by atoms with Crippen molar-refractivity contribution in [3.05, 3.63) is 24.3 Å². The molecule has 0 unspecified atom stereocenters. The van der Waals surface area contributed by atoms with Crippen LogP contribution in [0.15, 0.2) is 24.3 Å². The number of benzene rings is 1. The SMILES string of the molecule is CC(C)Oc1ccccc1N(C)CCC#N. The average Bonchev–Trinajstić information content (AvgIpc) is 2.26. The summed E-state index contributed by atoms with van der Waals surface area (Å²) in [6.45, 7) is 4.73. The number of rotatable bonds is 5. The molecule has 1 aromatic rings. The van der Waals surface area contributed by atoms with Gasteiger partial charge in [-0.15, -0.1) is 0 Å². The van der Waals surface area contributed by atoms with Crippen LogP contribution in [0.5, 0.6) is 5.75 Å². The van der Waals surface area contributed by atoms with Crippen molar-refractivity contribution in [3.8, 4) is 11.8 Å². The summed E-state index contributed by atoms with van der Waals surface area (Å²) in [5.74, 6) is 0.873. The van der Waals surface area contributed by atoms with Crippen LogP contribution >= 0.6 is 0 Å². The lowest BCUT2D eigenvalue weighted by Crippen LogP contribution is -2.19. The quantitative estimate of drug-likeness (QED) is 0.762. The second-order valence-corrected chi connectivity index (χ2v) is 3.96. The van der Waals surface area contributed by atoms with E-state index in [1.165, 1.54) is 0 Å². The third-order valence-electron chi connectivity index (χ3n) is 2.20. The van der Waals surface area contributed by atoms with E-state index in [-0.39, 0.29) is 6.10 Å². The lowest BCUT2D eigenvalue weighted by molar-refractivity contribution is 0.243. The van der Waals surface area contributed by atoms with Crippen molar-refractivity contribution in [1.82, 2.24) is 0 Å². The highest BCUT2D eigenvalue weighted by atomic mass is 16.5. The molecule has 86 valence electrons. The zero-order valence-electron chi connectivity index (χ0n) is 10.1. The van der Waals surface area contributed by atoms with Crippen molar-refractivity contribution < 1.29 is 4.74 Å². The van der Waals surface area contributed by atoms with Gasteiger partial charge in [0.2, 0.25) is 0 Å². The molecule has 0 aliphatic heterocycles. The van der Waals surface area contributed by atoms with Gasteiger partial charge in [0, 0.05) is 13.6 Å². The molecule has 1 aromatic carbocycles. The summed E-state index contributed by atoms with van der Waals surface area (Å²) in [7, 11) is 1.97. The highest BCUT2D eigenvalue weighted by Crippen LogP contribution is 2.27. The highest BCUT2D eigenvalue weighted by molar-refractivity contribution is 5.57. The molecule has 0 saturated carbocycles. The van der Waals surface area contributed by atoms with Crippen molar-refractivity contribution in [2.24, 2.45) is 0 Å². The fourth-order valence-electron chi connectivity index (χ4n) is 1.46. The van der Waals surface area contributed by atoms with E-state index in [2.05, 4.69) is 6.07 Å². The number of hydrogen-bond donors (Lipinski definition) is 0. The molecule has 0 spiro atoms. The second-order valence-electron chi connectivity index (χ2n) is 3.96. The molecule has 0 radical (unpaired) electrons. The zero-order valence-corrected chi connectivity index (χ0v) is 10.1. The Morgan fingerprint density at radius 1 is 1.38 bits per heavy atom. The fraction of sp³-hybridized carbons (Fsp3) is 0.462. The van der Waals surface area contributed by atoms with Crippen LogP contribution in [0.2, 0.25) is 0 Å². The third-order valence-corrected chi connectivity index (χ3v) is 2.20. The van der Waals surface area contributed by atoms with E-state index in [1.807, 2.05) is 50.1 Å². The summed E-state index contributed by atoms with van der Waals surface area (Å²) in [6, 6.07) is 10.0. The highest BCUT2D eigenvalue weighted by Gasteiger charge is 2.08. The van der Waals surface area contributed by atoms with Gasteiger partial charge < -0.3 is 9.64 Å². The van der Waals surface area contributed by atoms with E-state index in [9.17, 15) is 0 Å². The number of anilines is 1. The van der Waals surface area contributed by atoms with Gasteiger partial charge in [-0.1, -0.05) is 12.1 Å². The van der Waals surface area contributed by atoms with E-state index in [0.717, 1.165) is 18.0 Å². The zero-order chi connectivity index (χ0) is 12.0. The van der Waals surface area contributed by atoms with Crippen LogP contribution in [0.25, 0.3) is 0 Å². The lowest BCUT2D eigenvalue weighted by atomic mass is 10.2. The predicted octanol–water partition coefficient (Wildman–Crippen LogP) is 2.82. The summed E-state index contributed by atoms with van der Waals surface area (Å²) in [6.07, 6.45) is 0.678. The number of ether oxygens (including phenoxy) is 1. The number of nitriles is 1. The molecule has 0 fully saturated rings. The number of para-hydroxylation sites is 2. The largest absolute Gasteiger partial charge is 0.489 e. The molecule has 3 heteroatoms. The van der Waals surface area contributed by atoms with Crippen LogP contribution in [0.1, 0.15) is 20.3 Å². The Morgan fingerprint density at radius 3 is 2.69 bits per heavy atom. The Morgan fingerprint density at radius 2 is 2.06 bits per heavy atom. The van der Waals surface area contributed by atoms with Crippen molar-refractivity contribution >= 4 is 5.69 Å². The predicted molar refractivity (Wildman–Crippen MR) is 65.7 cm³/mol. The third kappa shape index (κ3) is 3.47. The molecular formula is C13H18N2O. The molecule has 0 aromatic heterocycles. The Bertz CT molecular complexity index is 368. The molecule has 3 nitrogen and oxygen atoms in total. The minimum absolute atomic E-state index is 0.158. The minimum atomic E-state index is 0.158. The normalized spacial score (nSPS) is 9.94. The average molecular weight is 218 g/mol. The van der Waals surface area contributed by atoms with Crippen molar-refractivity contribution in [2.45, 2.75) is 26.4 Å². The van der Waals surface area contributed by atoms with E-state index in [4.69, 9.17) is 10.00 Å². The summed E-state index contributed by atoms with van der Waals surface area (Å²) in [5.41, 5.74) is 1.03. The topological polar surface area (TPSA) is 36.3 Å². The van der Waals surface area contributed by atoms with E-state index < -0.39 is 0 Å². The fourth-order valence-corrected chi connectivity index (χ4v) is 1.46. The maximum Gasteiger partial charge on any atom is 0.142 e. The van der Waals surface area contributed by atoms with Gasteiger partial charge in [-0.3, -0.25) is 0 Å². The minimum Gasteiger partial charge on any atom is -0.489 e. The molecule has 1 rings (SSSR count). The van der Waals surface area contributed by atoms with Crippen LogP contribution in [0.3, 0.4) is 0 Å². The first-order valence-corrected chi connectivity index (χ1v) is 5.49. The standard InChI is InChI=1S/C13H18N2O/c1-11(2)16-13-8-5-4-7-12(13)15(3)10-6-9-14/h4-5,7-8,11H,6,10H2,1-3H3. The molecule has 0 heterocycles. The van der Waals surface area contributed by atoms with Crippen LogP contribution < -0.4 is 9.64 Å². The molecule has 16 heavy (non-hydrogen) atoms. The van der Waals surface area contributed by atoms with Gasteiger partial charge in [0.05, 0.1) is 24.3 Å². The van der Waals surface area contributed by atoms with E-state index >= 15 is 0 Å². The first kappa shape index (κ1) is 12.4. The van der Waals surface area contributed by atoms with E-state index in [0.29, 0.717) is 6.42 Å². The molecule has 0 saturated heterocycles. The first-order chi connectivity index (χ1) is 7.65. The Balaban J connectivity index is 2.81. The molecular weight excluding hydrogens is 200 g/mol. The number of hydrogen-bond acceptors (Lipinski definition) is 3. The Kier molecular flexibility index (Phi) is 4.65.